The van der Waals surface area contributed by atoms with Gasteiger partial charge >= 0.3 is 42.1 Å². The predicted octanol–water partition coefficient (Wildman–Crippen LogP) is 1.30. The van der Waals surface area contributed by atoms with E-state index in [1.165, 1.54) is 0 Å². The zero-order valence-corrected chi connectivity index (χ0v) is 8.95. The SMILES string of the molecule is [B].[Cl][Rh]([Cl])[Cl].[Na]. The van der Waals surface area contributed by atoms with Gasteiger partial charge in [-0.2, -0.15) is 0 Å². The summed E-state index contributed by atoms with van der Waals surface area (Å²) in [6.45, 7) is 0. The molecule has 0 aromatic rings. The van der Waals surface area contributed by atoms with Crippen molar-refractivity contribution in [3.63, 3.8) is 0 Å². The topological polar surface area (TPSA) is 0 Å². The van der Waals surface area contributed by atoms with Crippen molar-refractivity contribution in [1.82, 2.24) is 0 Å². The zero-order chi connectivity index (χ0) is 3.58. The molecule has 0 aromatic heterocycles. The van der Waals surface area contributed by atoms with Crippen molar-refractivity contribution >= 4 is 67.0 Å². The molecule has 0 nitrogen and oxygen atoms in total. The first-order valence-electron chi connectivity index (χ1n) is 0.378. The average molecular weight is 243 g/mol. The first-order valence-corrected chi connectivity index (χ1v) is 6.71. The first kappa shape index (κ1) is 15.8. The number of rotatable bonds is 0. The Hall–Kier alpha value is 2.56. The summed E-state index contributed by atoms with van der Waals surface area (Å²) in [7, 11) is 14.8. The number of hydrogen-bond donors (Lipinski definition) is 0. The molecule has 6 heteroatoms. The molecule has 0 aromatic carbocycles. The van der Waals surface area contributed by atoms with Crippen LogP contribution in [-0.4, -0.2) is 38.0 Å². The van der Waals surface area contributed by atoms with E-state index in [9.17, 15) is 0 Å². The van der Waals surface area contributed by atoms with Crippen LogP contribution in [0.5, 0.6) is 0 Å². The van der Waals surface area contributed by atoms with Crippen molar-refractivity contribution in [2.24, 2.45) is 0 Å². The van der Waals surface area contributed by atoms with Gasteiger partial charge in [0.25, 0.3) is 0 Å². The van der Waals surface area contributed by atoms with Crippen molar-refractivity contribution in [2.75, 3.05) is 0 Å². The maximum absolute atomic E-state index is 4.94. The molecule has 0 rings (SSSR count). The number of halogens is 3. The Balaban J connectivity index is -0.0000000450. The minimum atomic E-state index is -1.66. The van der Waals surface area contributed by atoms with E-state index in [2.05, 4.69) is 0 Å². The summed E-state index contributed by atoms with van der Waals surface area (Å²) in [5, 5.41) is 0. The predicted molar refractivity (Wildman–Crippen MR) is 29.1 cm³/mol. The van der Waals surface area contributed by atoms with Gasteiger partial charge in [-0.25, -0.2) is 0 Å². The Bertz CT molecular complexity index is 15.5. The molecule has 0 unspecified atom stereocenters. The average Bonchev–Trinajstić information content (AvgIpc) is 0.811. The van der Waals surface area contributed by atoms with E-state index in [1.54, 1.807) is 0 Å². The van der Waals surface area contributed by atoms with Gasteiger partial charge in [-0.3, -0.25) is 0 Å². The molecule has 0 aliphatic heterocycles. The molecule has 6 heavy (non-hydrogen) atoms. The molecule has 0 aliphatic carbocycles. The van der Waals surface area contributed by atoms with E-state index in [0.717, 1.165) is 0 Å². The summed E-state index contributed by atoms with van der Waals surface area (Å²) >= 11 is -1.66. The quantitative estimate of drug-likeness (QED) is 0.562. The molecule has 0 bridgehead atoms. The summed E-state index contributed by atoms with van der Waals surface area (Å²) in [6, 6.07) is 0. The third kappa shape index (κ3) is 31.0. The Kier molecular flexibility index (Phi) is 27.8. The molecule has 0 heterocycles. The van der Waals surface area contributed by atoms with Crippen LogP contribution >= 0.6 is 29.1 Å². The van der Waals surface area contributed by atoms with Crippen molar-refractivity contribution in [3.8, 4) is 0 Å². The van der Waals surface area contributed by atoms with E-state index >= 15 is 0 Å². The van der Waals surface area contributed by atoms with Crippen LogP contribution in [0.1, 0.15) is 0 Å². The summed E-state index contributed by atoms with van der Waals surface area (Å²) in [4.78, 5) is 0. The Labute approximate surface area is 78.8 Å². The molecule has 34 valence electrons. The molecule has 0 fully saturated rings. The second kappa shape index (κ2) is 10.5. The second-order valence-corrected chi connectivity index (χ2v) is 7.61. The van der Waals surface area contributed by atoms with E-state index in [4.69, 9.17) is 29.1 Å². The van der Waals surface area contributed by atoms with Gasteiger partial charge in [0, 0.05) is 38.0 Å². The van der Waals surface area contributed by atoms with Gasteiger partial charge in [0.15, 0.2) is 0 Å². The fraction of sp³-hybridized carbons (Fsp3) is 0. The molecule has 0 amide bonds. The largest absolute Gasteiger partial charge is 0 e. The van der Waals surface area contributed by atoms with Gasteiger partial charge in [-0.1, -0.05) is 0 Å². The van der Waals surface area contributed by atoms with Crippen LogP contribution < -0.4 is 0 Å². The molecule has 4 radical (unpaired) electrons. The van der Waals surface area contributed by atoms with Crippen molar-refractivity contribution in [2.45, 2.75) is 0 Å². The van der Waals surface area contributed by atoms with Crippen LogP contribution in [0.15, 0.2) is 0 Å². The molecule has 0 N–H and O–H groups in total. The van der Waals surface area contributed by atoms with Gasteiger partial charge in [0.1, 0.15) is 0 Å². The van der Waals surface area contributed by atoms with Crippen LogP contribution in [0.4, 0.5) is 0 Å². The minimum Gasteiger partial charge on any atom is 0 e. The molecular formula is BCl3NaRh. The Morgan fingerprint density at radius 2 is 1.00 bits per heavy atom. The van der Waals surface area contributed by atoms with E-state index in [0.29, 0.717) is 0 Å². The minimum absolute atomic E-state index is 0. The maximum atomic E-state index is 4.94. The summed E-state index contributed by atoms with van der Waals surface area (Å²) < 4.78 is 0. The summed E-state index contributed by atoms with van der Waals surface area (Å²) in [5.74, 6) is 0. The van der Waals surface area contributed by atoms with Crippen LogP contribution in [0, 0.1) is 0 Å². The van der Waals surface area contributed by atoms with Crippen molar-refractivity contribution in [3.05, 3.63) is 0 Å². The van der Waals surface area contributed by atoms with Gasteiger partial charge < -0.3 is 0 Å². The Morgan fingerprint density at radius 1 is 1.00 bits per heavy atom. The fourth-order valence-electron chi connectivity index (χ4n) is 0. The smallest absolute Gasteiger partial charge is 0 e. The monoisotopic (exact) mass is 242 g/mol. The molecular weight excluding hydrogens is 243 g/mol. The zero-order valence-electron chi connectivity index (χ0n) is 3.04. The van der Waals surface area contributed by atoms with E-state index < -0.39 is 13.0 Å². The van der Waals surface area contributed by atoms with Gasteiger partial charge in [0.05, 0.1) is 0 Å². The van der Waals surface area contributed by atoms with Crippen LogP contribution in [0.2, 0.25) is 0 Å². The third-order valence-electron chi connectivity index (χ3n) is 0. The maximum Gasteiger partial charge on any atom is 0 e. The molecule has 0 saturated carbocycles. The van der Waals surface area contributed by atoms with E-state index in [1.807, 2.05) is 0 Å². The van der Waals surface area contributed by atoms with Gasteiger partial charge in [-0.05, 0) is 0 Å². The first-order chi connectivity index (χ1) is 1.73. The van der Waals surface area contributed by atoms with Crippen molar-refractivity contribution in [1.29, 1.82) is 0 Å². The standard InChI is InChI=1S/B.3ClH.Na.Rh/h;3*1H;;/q;;;;;+3/p-3. The summed E-state index contributed by atoms with van der Waals surface area (Å²) in [6.07, 6.45) is 0. The van der Waals surface area contributed by atoms with Gasteiger partial charge in [-0.15, -0.1) is 0 Å². The second-order valence-electron chi connectivity index (χ2n) is 0.143. The van der Waals surface area contributed by atoms with Crippen molar-refractivity contribution < 1.29 is 13.0 Å². The molecule has 0 spiro atoms. The third-order valence-corrected chi connectivity index (χ3v) is 0. The normalized spacial score (nSPS) is 7.50. The molecule has 0 aliphatic rings. The Morgan fingerprint density at radius 3 is 1.00 bits per heavy atom. The fourth-order valence-corrected chi connectivity index (χ4v) is 0. The van der Waals surface area contributed by atoms with Gasteiger partial charge in [0.2, 0.25) is 0 Å². The van der Waals surface area contributed by atoms with E-state index in [-0.39, 0.29) is 38.0 Å². The summed E-state index contributed by atoms with van der Waals surface area (Å²) in [5.41, 5.74) is 0. The van der Waals surface area contributed by atoms with Crippen LogP contribution in [-0.2, 0) is 13.0 Å². The number of hydrogen-bond acceptors (Lipinski definition) is 0. The van der Waals surface area contributed by atoms with Crippen LogP contribution in [0.25, 0.3) is 0 Å². The molecule has 0 atom stereocenters. The molecule has 0 saturated heterocycles. The van der Waals surface area contributed by atoms with Crippen LogP contribution in [0.3, 0.4) is 0 Å².